The van der Waals surface area contributed by atoms with Crippen molar-refractivity contribution >= 4 is 22.7 Å². The van der Waals surface area contributed by atoms with Gasteiger partial charge in [-0.2, -0.15) is 5.26 Å². The number of H-pyrrole nitrogens is 1. The van der Waals surface area contributed by atoms with Crippen LogP contribution in [0.5, 0.6) is 23.0 Å². The number of aromatic amines is 1. The molecule has 0 saturated heterocycles. The van der Waals surface area contributed by atoms with Crippen LogP contribution in [-0.2, 0) is 0 Å². The average molecular weight is 349 g/mol. The van der Waals surface area contributed by atoms with Crippen molar-refractivity contribution in [1.82, 2.24) is 9.97 Å². The van der Waals surface area contributed by atoms with Crippen molar-refractivity contribution in [2.75, 3.05) is 21.0 Å². The van der Waals surface area contributed by atoms with Crippen LogP contribution in [0.15, 0.2) is 30.3 Å². The van der Waals surface area contributed by atoms with E-state index in [1.54, 1.807) is 32.4 Å². The van der Waals surface area contributed by atoms with E-state index >= 15 is 0 Å². The quantitative estimate of drug-likeness (QED) is 0.726. The number of imidazole rings is 1. The Morgan fingerprint density at radius 1 is 1.19 bits per heavy atom. The molecule has 2 heterocycles. The van der Waals surface area contributed by atoms with Gasteiger partial charge in [0, 0.05) is 17.7 Å². The predicted molar refractivity (Wildman–Crippen MR) is 95.2 cm³/mol. The number of benzene rings is 2. The number of nitrogens with zero attached hydrogens (tertiary/aromatic N) is 2. The lowest BCUT2D eigenvalue weighted by molar-refractivity contribution is 0.174. The average Bonchev–Trinajstić information content (AvgIpc) is 3.30. The van der Waals surface area contributed by atoms with E-state index in [4.69, 9.17) is 18.9 Å². The van der Waals surface area contributed by atoms with Crippen LogP contribution >= 0.6 is 0 Å². The summed E-state index contributed by atoms with van der Waals surface area (Å²) in [6, 6.07) is 11.2. The summed E-state index contributed by atoms with van der Waals surface area (Å²) in [7, 11) is 3.17. The first-order valence-corrected chi connectivity index (χ1v) is 7.85. The first-order chi connectivity index (χ1) is 12.7. The van der Waals surface area contributed by atoms with Crippen LogP contribution < -0.4 is 18.9 Å². The lowest BCUT2D eigenvalue weighted by atomic mass is 10.1. The van der Waals surface area contributed by atoms with E-state index in [9.17, 15) is 5.26 Å². The number of nitriles is 1. The fourth-order valence-electron chi connectivity index (χ4n) is 2.78. The summed E-state index contributed by atoms with van der Waals surface area (Å²) in [5, 5.41) is 9.62. The Morgan fingerprint density at radius 2 is 2.00 bits per heavy atom. The molecule has 0 saturated carbocycles. The first-order valence-electron chi connectivity index (χ1n) is 7.85. The molecule has 0 unspecified atom stereocenters. The van der Waals surface area contributed by atoms with Crippen molar-refractivity contribution in [2.24, 2.45) is 0 Å². The molecule has 4 rings (SSSR count). The van der Waals surface area contributed by atoms with Gasteiger partial charge in [-0.1, -0.05) is 0 Å². The second-order valence-electron chi connectivity index (χ2n) is 5.59. The summed E-state index contributed by atoms with van der Waals surface area (Å²) in [6.45, 7) is 0.169. The van der Waals surface area contributed by atoms with E-state index in [1.807, 2.05) is 18.2 Å². The van der Waals surface area contributed by atoms with Gasteiger partial charge in [0.25, 0.3) is 0 Å². The zero-order valence-corrected chi connectivity index (χ0v) is 14.2. The zero-order valence-electron chi connectivity index (χ0n) is 14.2. The molecular weight excluding hydrogens is 334 g/mol. The van der Waals surface area contributed by atoms with Gasteiger partial charge in [-0.05, 0) is 24.3 Å². The van der Waals surface area contributed by atoms with E-state index < -0.39 is 0 Å². The molecule has 0 aliphatic carbocycles. The Hall–Kier alpha value is -3.66. The highest BCUT2D eigenvalue weighted by Crippen LogP contribution is 2.39. The number of hydrogen-bond donors (Lipinski definition) is 1. The second-order valence-corrected chi connectivity index (χ2v) is 5.59. The maximum absolute atomic E-state index is 9.62. The molecule has 1 aliphatic rings. The minimum atomic E-state index is 0.169. The van der Waals surface area contributed by atoms with Crippen LogP contribution in [0.25, 0.3) is 22.7 Å². The van der Waals surface area contributed by atoms with Gasteiger partial charge in [0.2, 0.25) is 6.79 Å². The summed E-state index contributed by atoms with van der Waals surface area (Å²) in [5.74, 6) is 3.00. The number of hydrogen-bond acceptors (Lipinski definition) is 6. The van der Waals surface area contributed by atoms with E-state index in [0.717, 1.165) is 11.0 Å². The normalized spacial score (nSPS) is 12.9. The van der Waals surface area contributed by atoms with Crippen molar-refractivity contribution in [3.05, 3.63) is 41.7 Å². The minimum Gasteiger partial charge on any atom is -0.497 e. The summed E-state index contributed by atoms with van der Waals surface area (Å²) in [5.41, 5.74) is 2.61. The molecule has 0 radical (unpaired) electrons. The molecule has 0 amide bonds. The lowest BCUT2D eigenvalue weighted by Gasteiger charge is -2.07. The number of ether oxygens (including phenoxy) is 4. The van der Waals surface area contributed by atoms with Crippen molar-refractivity contribution in [3.8, 4) is 29.1 Å². The highest BCUT2D eigenvalue weighted by Gasteiger charge is 2.18. The number of methoxy groups -OCH3 is 2. The van der Waals surface area contributed by atoms with E-state index in [2.05, 4.69) is 16.0 Å². The molecule has 7 heteroatoms. The predicted octanol–water partition coefficient (Wildman–Crippen LogP) is 3.37. The Morgan fingerprint density at radius 3 is 2.73 bits per heavy atom. The summed E-state index contributed by atoms with van der Waals surface area (Å²) in [6.07, 6.45) is 1.70. The largest absolute Gasteiger partial charge is 0.497 e. The monoisotopic (exact) mass is 349 g/mol. The van der Waals surface area contributed by atoms with Gasteiger partial charge in [0.15, 0.2) is 11.5 Å². The van der Waals surface area contributed by atoms with Crippen molar-refractivity contribution < 1.29 is 18.9 Å². The Labute approximate surface area is 149 Å². The first kappa shape index (κ1) is 15.8. The molecule has 0 bridgehead atoms. The molecule has 26 heavy (non-hydrogen) atoms. The molecule has 2 aromatic carbocycles. The van der Waals surface area contributed by atoms with E-state index in [1.165, 1.54) is 0 Å². The smallest absolute Gasteiger partial charge is 0.231 e. The molecule has 0 atom stereocenters. The van der Waals surface area contributed by atoms with Gasteiger partial charge in [0.1, 0.15) is 23.4 Å². The molecular formula is C19H15N3O4. The molecule has 7 nitrogen and oxygen atoms in total. The molecule has 3 aromatic rings. The Kier molecular flexibility index (Phi) is 3.86. The lowest BCUT2D eigenvalue weighted by Crippen LogP contribution is -1.92. The third-order valence-corrected chi connectivity index (χ3v) is 4.09. The van der Waals surface area contributed by atoms with Crippen LogP contribution in [0.1, 0.15) is 11.4 Å². The summed E-state index contributed by atoms with van der Waals surface area (Å²) < 4.78 is 21.4. The van der Waals surface area contributed by atoms with Crippen LogP contribution in [0.2, 0.25) is 0 Å². The summed E-state index contributed by atoms with van der Waals surface area (Å²) in [4.78, 5) is 7.64. The minimum absolute atomic E-state index is 0.169. The molecule has 130 valence electrons. The van der Waals surface area contributed by atoms with Gasteiger partial charge >= 0.3 is 0 Å². The SMILES string of the molecule is COc1ccc2nc(/C(C#N)=C\c3cc4c(cc3OC)OCO4)[nH]c2c1. The molecule has 1 aromatic heterocycles. The fourth-order valence-corrected chi connectivity index (χ4v) is 2.78. The topological polar surface area (TPSA) is 89.4 Å². The van der Waals surface area contributed by atoms with Crippen LogP contribution in [0.3, 0.4) is 0 Å². The van der Waals surface area contributed by atoms with Gasteiger partial charge in [-0.15, -0.1) is 0 Å². The third kappa shape index (κ3) is 2.67. The Bertz CT molecular complexity index is 1060. The van der Waals surface area contributed by atoms with Crippen molar-refractivity contribution in [1.29, 1.82) is 5.26 Å². The van der Waals surface area contributed by atoms with Crippen molar-refractivity contribution in [3.63, 3.8) is 0 Å². The van der Waals surface area contributed by atoms with E-state index in [0.29, 0.717) is 40.0 Å². The number of fused-ring (bicyclic) bond motifs is 2. The molecule has 1 aliphatic heterocycles. The molecule has 0 fully saturated rings. The maximum Gasteiger partial charge on any atom is 0.231 e. The number of nitrogens with one attached hydrogen (secondary N) is 1. The molecule has 0 spiro atoms. The van der Waals surface area contributed by atoms with Crippen LogP contribution in [0, 0.1) is 11.3 Å². The zero-order chi connectivity index (χ0) is 18.1. The van der Waals surface area contributed by atoms with Crippen molar-refractivity contribution in [2.45, 2.75) is 0 Å². The third-order valence-electron chi connectivity index (χ3n) is 4.09. The molecule has 1 N–H and O–H groups in total. The van der Waals surface area contributed by atoms with Gasteiger partial charge in [-0.3, -0.25) is 0 Å². The summed E-state index contributed by atoms with van der Waals surface area (Å²) >= 11 is 0. The number of allylic oxidation sites excluding steroid dienone is 1. The fraction of sp³-hybridized carbons (Fsp3) is 0.158. The van der Waals surface area contributed by atoms with Crippen LogP contribution in [0.4, 0.5) is 0 Å². The van der Waals surface area contributed by atoms with Gasteiger partial charge in [-0.25, -0.2) is 4.98 Å². The van der Waals surface area contributed by atoms with Gasteiger partial charge in [0.05, 0.1) is 30.8 Å². The van der Waals surface area contributed by atoms with E-state index in [-0.39, 0.29) is 6.79 Å². The Balaban J connectivity index is 1.79. The number of aromatic nitrogens is 2. The highest BCUT2D eigenvalue weighted by molar-refractivity contribution is 5.91. The second kappa shape index (κ2) is 6.33. The maximum atomic E-state index is 9.62. The van der Waals surface area contributed by atoms with Crippen LogP contribution in [-0.4, -0.2) is 31.0 Å². The number of rotatable bonds is 4. The van der Waals surface area contributed by atoms with Gasteiger partial charge < -0.3 is 23.9 Å². The highest BCUT2D eigenvalue weighted by atomic mass is 16.7. The standard InChI is InChI=1S/C19H15N3O4/c1-23-13-3-4-14-15(7-13)22-19(21-14)12(9-20)5-11-6-17-18(26-10-25-17)8-16(11)24-2/h3-8H,10H2,1-2H3,(H,21,22)/b12-5-.